The average molecular weight is 498 g/mol. The van der Waals surface area contributed by atoms with Crippen molar-refractivity contribution in [3.05, 3.63) is 93.5 Å². The molecule has 0 saturated heterocycles. The molecule has 36 heavy (non-hydrogen) atoms. The first-order chi connectivity index (χ1) is 17.3. The van der Waals surface area contributed by atoms with Crippen molar-refractivity contribution in [2.45, 2.75) is 25.8 Å². The van der Waals surface area contributed by atoms with Crippen LogP contribution in [0.1, 0.15) is 30.5 Å². The van der Waals surface area contributed by atoms with Crippen molar-refractivity contribution in [2.24, 2.45) is 0 Å². The Morgan fingerprint density at radius 3 is 2.83 bits per heavy atom. The van der Waals surface area contributed by atoms with Crippen LogP contribution in [0.5, 0.6) is 5.75 Å². The van der Waals surface area contributed by atoms with Gasteiger partial charge in [-0.15, -0.1) is 0 Å². The van der Waals surface area contributed by atoms with Gasteiger partial charge >= 0.3 is 5.63 Å². The monoisotopic (exact) mass is 497 g/mol. The zero-order chi connectivity index (χ0) is 25.2. The number of hydrogen-bond donors (Lipinski definition) is 1. The fourth-order valence-corrected chi connectivity index (χ4v) is 5.34. The van der Waals surface area contributed by atoms with Crippen LogP contribution in [0.15, 0.2) is 70.4 Å². The summed E-state index contributed by atoms with van der Waals surface area (Å²) >= 11 is 6.63. The van der Waals surface area contributed by atoms with Crippen molar-refractivity contribution in [1.82, 2.24) is 9.55 Å². The van der Waals surface area contributed by atoms with Gasteiger partial charge in [-0.05, 0) is 24.3 Å². The molecule has 0 aliphatic carbocycles. The van der Waals surface area contributed by atoms with Gasteiger partial charge in [0.05, 0.1) is 29.6 Å². The van der Waals surface area contributed by atoms with Crippen LogP contribution in [0.25, 0.3) is 38.8 Å². The van der Waals surface area contributed by atoms with E-state index in [-0.39, 0.29) is 11.3 Å². The second-order valence-electron chi connectivity index (χ2n) is 9.71. The van der Waals surface area contributed by atoms with Gasteiger partial charge in [0.2, 0.25) is 5.88 Å². The van der Waals surface area contributed by atoms with E-state index in [4.69, 9.17) is 26.5 Å². The zero-order valence-corrected chi connectivity index (χ0v) is 20.7. The van der Waals surface area contributed by atoms with Gasteiger partial charge in [0.15, 0.2) is 0 Å². The van der Waals surface area contributed by atoms with Gasteiger partial charge in [-0.1, -0.05) is 68.4 Å². The zero-order valence-electron chi connectivity index (χ0n) is 20.0. The molecule has 0 unspecified atom stereocenters. The Bertz CT molecular complexity index is 1810. The van der Waals surface area contributed by atoms with Crippen molar-refractivity contribution in [3.8, 4) is 5.75 Å². The highest BCUT2D eigenvalue weighted by Crippen LogP contribution is 2.47. The van der Waals surface area contributed by atoms with Crippen LogP contribution >= 0.6 is 11.6 Å². The number of nitrogens with two attached hydrogens (primary N) is 1. The number of nitrogens with zero attached hydrogens (tertiary/aromatic N) is 2. The largest absolute Gasteiger partial charge is 0.492 e. The fourth-order valence-electron chi connectivity index (χ4n) is 5.14. The number of ether oxygens (including phenoxy) is 1. The minimum Gasteiger partial charge on any atom is -0.492 e. The normalized spacial score (nSPS) is 14.6. The van der Waals surface area contributed by atoms with E-state index in [1.165, 1.54) is 0 Å². The number of anilines is 1. The first kappa shape index (κ1) is 22.4. The second kappa shape index (κ2) is 8.00. The average Bonchev–Trinajstić information content (AvgIpc) is 3.34. The maximum Gasteiger partial charge on any atom is 0.362 e. The molecule has 0 saturated carbocycles. The lowest BCUT2D eigenvalue weighted by atomic mass is 9.86. The summed E-state index contributed by atoms with van der Waals surface area (Å²) in [5.74, 6) is 0.812. The predicted octanol–water partition coefficient (Wildman–Crippen LogP) is 6.45. The third-order valence-electron chi connectivity index (χ3n) is 6.90. The highest BCUT2D eigenvalue weighted by molar-refractivity contribution is 6.30. The number of benzene rings is 2. The predicted molar refractivity (Wildman–Crippen MR) is 146 cm³/mol. The van der Waals surface area contributed by atoms with Crippen LogP contribution in [0.4, 0.5) is 5.88 Å². The van der Waals surface area contributed by atoms with Crippen LogP contribution in [0, 0.1) is 0 Å². The van der Waals surface area contributed by atoms with Gasteiger partial charge in [-0.3, -0.25) is 0 Å². The summed E-state index contributed by atoms with van der Waals surface area (Å²) in [7, 11) is 0. The molecule has 2 aromatic carbocycles. The van der Waals surface area contributed by atoms with Gasteiger partial charge in [0.25, 0.3) is 0 Å². The standard InChI is InChI=1S/C29H24ClN3O3/c1-4-5-9-18-22-23-21(12-11-19-25(23)35-15-29(19,2)3)33(24(22)28(34)36-27(18)31)14-17-13-16-8-6-7-10-20(16)32-26(17)30/h4-13H,1,14-15,31H2,2-3H3/b9-5-. The summed E-state index contributed by atoms with van der Waals surface area (Å²) in [6.45, 7) is 8.92. The van der Waals surface area contributed by atoms with Gasteiger partial charge in [-0.2, -0.15) is 0 Å². The lowest BCUT2D eigenvalue weighted by Gasteiger charge is -2.15. The molecular formula is C29H24ClN3O3. The molecule has 0 atom stereocenters. The van der Waals surface area contributed by atoms with Crippen LogP contribution in [-0.2, 0) is 12.0 Å². The number of hydrogen-bond acceptors (Lipinski definition) is 5. The molecule has 1 aliphatic rings. The summed E-state index contributed by atoms with van der Waals surface area (Å²) in [6.07, 6.45) is 5.23. The Kier molecular flexibility index (Phi) is 4.99. The number of nitrogen functional groups attached to an aromatic ring is 1. The topological polar surface area (TPSA) is 83.3 Å². The number of allylic oxidation sites excluding steroid dienone is 2. The number of para-hydroxylation sites is 1. The molecule has 7 heteroatoms. The molecule has 180 valence electrons. The van der Waals surface area contributed by atoms with E-state index in [1.807, 2.05) is 41.0 Å². The molecule has 0 bridgehead atoms. The third-order valence-corrected chi connectivity index (χ3v) is 7.23. The minimum atomic E-state index is -0.523. The molecule has 0 radical (unpaired) electrons. The lowest BCUT2D eigenvalue weighted by Crippen LogP contribution is -2.18. The van der Waals surface area contributed by atoms with Crippen molar-refractivity contribution in [2.75, 3.05) is 12.3 Å². The molecule has 5 aromatic rings. The molecule has 2 N–H and O–H groups in total. The van der Waals surface area contributed by atoms with E-state index in [2.05, 4.69) is 31.5 Å². The van der Waals surface area contributed by atoms with Gasteiger partial charge in [-0.25, -0.2) is 9.78 Å². The first-order valence-electron chi connectivity index (χ1n) is 11.7. The number of rotatable bonds is 4. The Labute approximate surface area is 212 Å². The first-order valence-corrected chi connectivity index (χ1v) is 12.1. The van der Waals surface area contributed by atoms with E-state index >= 15 is 0 Å². The SMILES string of the molecule is C=C/C=C\c1c(N)oc(=O)c2c1c1c3c(ccc1n2Cc1cc2ccccc2nc1Cl)C(C)(C)CO3. The van der Waals surface area contributed by atoms with Crippen molar-refractivity contribution < 1.29 is 9.15 Å². The summed E-state index contributed by atoms with van der Waals surface area (Å²) in [6, 6.07) is 13.9. The highest BCUT2D eigenvalue weighted by Gasteiger charge is 2.35. The molecule has 4 heterocycles. The Hall–Kier alpha value is -4.03. The van der Waals surface area contributed by atoms with Crippen LogP contribution < -0.4 is 16.1 Å². The van der Waals surface area contributed by atoms with E-state index in [1.54, 1.807) is 18.2 Å². The van der Waals surface area contributed by atoms with E-state index < -0.39 is 5.63 Å². The highest BCUT2D eigenvalue weighted by atomic mass is 35.5. The Morgan fingerprint density at radius 1 is 1.22 bits per heavy atom. The second-order valence-corrected chi connectivity index (χ2v) is 10.1. The van der Waals surface area contributed by atoms with E-state index in [9.17, 15) is 4.79 Å². The maximum atomic E-state index is 13.3. The number of halogens is 1. The van der Waals surface area contributed by atoms with Gasteiger partial charge in [0, 0.05) is 32.9 Å². The summed E-state index contributed by atoms with van der Waals surface area (Å²) in [5.41, 5.74) is 10.1. The number of pyridine rings is 1. The number of fused-ring (bicyclic) bond motifs is 6. The van der Waals surface area contributed by atoms with E-state index in [0.717, 1.165) is 38.7 Å². The van der Waals surface area contributed by atoms with Gasteiger partial charge < -0.3 is 19.5 Å². The molecule has 3 aromatic heterocycles. The van der Waals surface area contributed by atoms with Crippen LogP contribution in [-0.4, -0.2) is 16.2 Å². The van der Waals surface area contributed by atoms with Crippen LogP contribution in [0.3, 0.4) is 0 Å². The maximum absolute atomic E-state index is 13.3. The molecule has 0 amide bonds. The summed E-state index contributed by atoms with van der Waals surface area (Å²) in [4.78, 5) is 17.9. The van der Waals surface area contributed by atoms with E-state index in [0.29, 0.717) is 34.8 Å². The molecule has 1 aliphatic heterocycles. The molecular weight excluding hydrogens is 474 g/mol. The van der Waals surface area contributed by atoms with Crippen molar-refractivity contribution in [3.63, 3.8) is 0 Å². The summed E-state index contributed by atoms with van der Waals surface area (Å²) < 4.78 is 13.7. The van der Waals surface area contributed by atoms with Crippen LogP contribution in [0.2, 0.25) is 5.15 Å². The summed E-state index contributed by atoms with van der Waals surface area (Å²) in [5, 5.41) is 2.88. The van der Waals surface area contributed by atoms with Crippen molar-refractivity contribution in [1.29, 1.82) is 0 Å². The molecule has 0 spiro atoms. The Morgan fingerprint density at radius 2 is 2.03 bits per heavy atom. The smallest absolute Gasteiger partial charge is 0.362 e. The Balaban J connectivity index is 1.73. The molecule has 0 fully saturated rings. The van der Waals surface area contributed by atoms with Gasteiger partial charge in [0.1, 0.15) is 16.4 Å². The fraction of sp³-hybridized carbons (Fsp3) is 0.172. The number of aromatic nitrogens is 2. The third kappa shape index (κ3) is 3.25. The lowest BCUT2D eigenvalue weighted by molar-refractivity contribution is 0.293. The molecule has 6 rings (SSSR count). The van der Waals surface area contributed by atoms with Crippen molar-refractivity contribution >= 4 is 56.3 Å². The molecule has 6 nitrogen and oxygen atoms in total. The quantitative estimate of drug-likeness (QED) is 0.228. The minimum absolute atomic E-state index is 0.0462.